The Balaban J connectivity index is 1.93. The second-order valence-electron chi connectivity index (χ2n) is 6.98. The molecule has 12 heteroatoms. The highest BCUT2D eigenvalue weighted by molar-refractivity contribution is 5.80. The monoisotopic (exact) mass is 432 g/mol. The normalized spacial score (nSPS) is 15.3. The number of rotatable bonds is 4. The van der Waals surface area contributed by atoms with E-state index >= 15 is 0 Å². The molecule has 3 aromatic rings. The zero-order chi connectivity index (χ0) is 21.6. The number of hydrogen-bond donors (Lipinski definition) is 1. The Labute approximate surface area is 164 Å². The van der Waals surface area contributed by atoms with Gasteiger partial charge in [-0.15, -0.1) is 0 Å². The number of aromatic amines is 1. The van der Waals surface area contributed by atoms with Crippen LogP contribution < -0.4 is 10.4 Å². The van der Waals surface area contributed by atoms with E-state index in [-0.39, 0.29) is 22.7 Å². The average Bonchev–Trinajstić information content (AvgIpc) is 3.31. The van der Waals surface area contributed by atoms with Gasteiger partial charge in [-0.2, -0.15) is 27.8 Å². The molecule has 2 aromatic heterocycles. The molecule has 0 bridgehead atoms. The first-order valence-corrected chi connectivity index (χ1v) is 9.01. The van der Waals surface area contributed by atoms with Crippen LogP contribution in [-0.4, -0.2) is 32.4 Å². The molecule has 0 aliphatic heterocycles. The second-order valence-corrected chi connectivity index (χ2v) is 6.98. The van der Waals surface area contributed by atoms with Crippen LogP contribution in [0.1, 0.15) is 37.3 Å². The van der Waals surface area contributed by atoms with Gasteiger partial charge in [0.15, 0.2) is 29.7 Å². The predicted molar refractivity (Wildman–Crippen MR) is 91.7 cm³/mol. The van der Waals surface area contributed by atoms with E-state index in [1.807, 2.05) is 4.98 Å². The number of fused-ring (bicyclic) bond motifs is 1. The fourth-order valence-corrected chi connectivity index (χ4v) is 3.62. The summed E-state index contributed by atoms with van der Waals surface area (Å²) in [7, 11) is 0. The standard InChI is InChI=1S/C18H14F6N4O2/c19-10-5-9(6-11(20)13(10)21)12-14(8-3-1-2-4-8)27-28-15(12)25-16(26-17(28)29)30-7-18(22,23)24/h5-6,8H,1-4,7H2,(H,25,26,29). The minimum absolute atomic E-state index is 0.0441. The Morgan fingerprint density at radius 2 is 1.77 bits per heavy atom. The van der Waals surface area contributed by atoms with Crippen LogP contribution in [0.3, 0.4) is 0 Å². The van der Waals surface area contributed by atoms with Gasteiger partial charge in [0, 0.05) is 5.92 Å². The molecule has 4 rings (SSSR count). The van der Waals surface area contributed by atoms with Gasteiger partial charge in [0.1, 0.15) is 0 Å². The van der Waals surface area contributed by atoms with E-state index in [4.69, 9.17) is 0 Å². The number of benzene rings is 1. The third kappa shape index (κ3) is 3.73. The summed E-state index contributed by atoms with van der Waals surface area (Å²) in [6, 6.07) is 0.729. The lowest BCUT2D eigenvalue weighted by molar-refractivity contribution is -0.154. The molecule has 1 aliphatic carbocycles. The van der Waals surface area contributed by atoms with Crippen LogP contribution in [-0.2, 0) is 0 Å². The van der Waals surface area contributed by atoms with Crippen LogP contribution >= 0.6 is 0 Å². The molecule has 160 valence electrons. The highest BCUT2D eigenvalue weighted by atomic mass is 19.4. The van der Waals surface area contributed by atoms with Gasteiger partial charge in [-0.25, -0.2) is 18.0 Å². The largest absolute Gasteiger partial charge is 0.455 e. The molecule has 0 spiro atoms. The van der Waals surface area contributed by atoms with Gasteiger partial charge in [-0.1, -0.05) is 12.8 Å². The first-order chi connectivity index (χ1) is 14.1. The molecule has 0 saturated heterocycles. The summed E-state index contributed by atoms with van der Waals surface area (Å²) in [5.74, 6) is -4.74. The number of hydrogen-bond acceptors (Lipinski definition) is 4. The number of ether oxygens (including phenoxy) is 1. The predicted octanol–water partition coefficient (Wildman–Crippen LogP) is 4.10. The fourth-order valence-electron chi connectivity index (χ4n) is 3.62. The molecule has 0 amide bonds. The van der Waals surface area contributed by atoms with Crippen molar-refractivity contribution in [1.29, 1.82) is 0 Å². The zero-order valence-corrected chi connectivity index (χ0v) is 15.2. The first kappa shape index (κ1) is 20.2. The van der Waals surface area contributed by atoms with Crippen LogP contribution in [0.15, 0.2) is 16.9 Å². The van der Waals surface area contributed by atoms with E-state index < -0.39 is 41.9 Å². The van der Waals surface area contributed by atoms with Gasteiger partial charge >= 0.3 is 11.9 Å². The molecule has 1 aromatic carbocycles. The molecule has 2 heterocycles. The number of halogens is 6. The van der Waals surface area contributed by atoms with Crippen molar-refractivity contribution in [2.45, 2.75) is 37.8 Å². The number of nitrogens with zero attached hydrogens (tertiary/aromatic N) is 3. The third-order valence-corrected chi connectivity index (χ3v) is 4.89. The molecule has 30 heavy (non-hydrogen) atoms. The Hall–Kier alpha value is -3.05. The third-order valence-electron chi connectivity index (χ3n) is 4.89. The van der Waals surface area contributed by atoms with Crippen molar-refractivity contribution in [3.8, 4) is 17.1 Å². The maximum Gasteiger partial charge on any atom is 0.422 e. The van der Waals surface area contributed by atoms with Crippen molar-refractivity contribution in [2.24, 2.45) is 0 Å². The van der Waals surface area contributed by atoms with Crippen LogP contribution in [0, 0.1) is 17.5 Å². The molecular formula is C18H14F6N4O2. The molecule has 0 atom stereocenters. The van der Waals surface area contributed by atoms with Gasteiger partial charge in [-0.05, 0) is 30.5 Å². The van der Waals surface area contributed by atoms with Crippen molar-refractivity contribution in [3.63, 3.8) is 0 Å². The molecule has 0 unspecified atom stereocenters. The fraction of sp³-hybridized carbons (Fsp3) is 0.389. The zero-order valence-electron chi connectivity index (χ0n) is 15.2. The van der Waals surface area contributed by atoms with E-state index in [2.05, 4.69) is 14.8 Å². The van der Waals surface area contributed by atoms with Crippen molar-refractivity contribution in [3.05, 3.63) is 45.8 Å². The number of H-pyrrole nitrogens is 1. The van der Waals surface area contributed by atoms with Gasteiger partial charge in [-0.3, -0.25) is 4.98 Å². The van der Waals surface area contributed by atoms with Crippen molar-refractivity contribution < 1.29 is 31.1 Å². The van der Waals surface area contributed by atoms with E-state index in [0.717, 1.165) is 29.5 Å². The minimum Gasteiger partial charge on any atom is -0.455 e. The summed E-state index contributed by atoms with van der Waals surface area (Å²) in [6.45, 7) is -1.70. The van der Waals surface area contributed by atoms with Gasteiger partial charge < -0.3 is 4.74 Å². The van der Waals surface area contributed by atoms with E-state index in [1.54, 1.807) is 0 Å². The van der Waals surface area contributed by atoms with Crippen LogP contribution in [0.25, 0.3) is 16.8 Å². The van der Waals surface area contributed by atoms with E-state index in [1.165, 1.54) is 0 Å². The Morgan fingerprint density at radius 1 is 1.13 bits per heavy atom. The van der Waals surface area contributed by atoms with E-state index in [9.17, 15) is 31.1 Å². The average molecular weight is 432 g/mol. The highest BCUT2D eigenvalue weighted by Crippen LogP contribution is 2.40. The summed E-state index contributed by atoms with van der Waals surface area (Å²) in [4.78, 5) is 18.3. The van der Waals surface area contributed by atoms with Crippen LogP contribution in [0.5, 0.6) is 6.01 Å². The number of alkyl halides is 3. The van der Waals surface area contributed by atoms with Gasteiger partial charge in [0.05, 0.1) is 11.3 Å². The molecular weight excluding hydrogens is 418 g/mol. The SMILES string of the molecule is O=c1[nH]c(OCC(F)(F)F)nc2c(-c3cc(F)c(F)c(F)c3)c(C3CCCC3)nn12. The molecule has 0 radical (unpaired) electrons. The van der Waals surface area contributed by atoms with Gasteiger partial charge in [0.2, 0.25) is 0 Å². The highest BCUT2D eigenvalue weighted by Gasteiger charge is 2.31. The molecule has 1 aliphatic rings. The van der Waals surface area contributed by atoms with Crippen molar-refractivity contribution in [2.75, 3.05) is 6.61 Å². The smallest absolute Gasteiger partial charge is 0.422 e. The summed E-state index contributed by atoms with van der Waals surface area (Å²) < 4.78 is 83.8. The number of nitrogens with one attached hydrogen (secondary N) is 1. The minimum atomic E-state index is -4.67. The van der Waals surface area contributed by atoms with E-state index in [0.29, 0.717) is 18.5 Å². The topological polar surface area (TPSA) is 72.3 Å². The van der Waals surface area contributed by atoms with Crippen molar-refractivity contribution >= 4 is 5.65 Å². The quantitative estimate of drug-likeness (QED) is 0.498. The lowest BCUT2D eigenvalue weighted by atomic mass is 9.95. The summed E-state index contributed by atoms with van der Waals surface area (Å²) in [5.41, 5.74) is -0.969. The Bertz CT molecular complexity index is 1140. The molecule has 1 N–H and O–H groups in total. The maximum absolute atomic E-state index is 13.9. The second kappa shape index (κ2) is 7.33. The summed E-state index contributed by atoms with van der Waals surface area (Å²) in [5, 5.41) is 4.20. The molecule has 1 fully saturated rings. The molecule has 1 saturated carbocycles. The van der Waals surface area contributed by atoms with Crippen LogP contribution in [0.2, 0.25) is 0 Å². The molecule has 6 nitrogen and oxygen atoms in total. The van der Waals surface area contributed by atoms with Gasteiger partial charge in [0.25, 0.3) is 6.01 Å². The van der Waals surface area contributed by atoms with Crippen LogP contribution in [0.4, 0.5) is 26.3 Å². The summed E-state index contributed by atoms with van der Waals surface area (Å²) >= 11 is 0. The lowest BCUT2D eigenvalue weighted by Gasteiger charge is -2.10. The summed E-state index contributed by atoms with van der Waals surface area (Å²) in [6.07, 6.45) is -1.55. The Morgan fingerprint density at radius 3 is 2.37 bits per heavy atom. The number of aromatic nitrogens is 4. The first-order valence-electron chi connectivity index (χ1n) is 9.01. The Kier molecular flexibility index (Phi) is 4.94. The van der Waals surface area contributed by atoms with Crippen molar-refractivity contribution in [1.82, 2.24) is 19.6 Å². The lowest BCUT2D eigenvalue weighted by Crippen LogP contribution is -2.24. The maximum atomic E-state index is 13.9.